The molecule has 0 aliphatic rings. The normalized spacial score (nSPS) is 10.4. The van der Waals surface area contributed by atoms with Crippen molar-refractivity contribution in [1.82, 2.24) is 5.32 Å². The van der Waals surface area contributed by atoms with Crippen molar-refractivity contribution in [1.29, 1.82) is 0 Å². The number of nitrogens with one attached hydrogen (secondary N) is 1. The summed E-state index contributed by atoms with van der Waals surface area (Å²) >= 11 is 1.89. The molecule has 0 saturated heterocycles. The number of nitrogens with two attached hydrogens (primary N) is 1. The fourth-order valence-electron chi connectivity index (χ4n) is 1.26. The third-order valence-corrected chi connectivity index (χ3v) is 2.77. The minimum atomic E-state index is 0.876. The molecular formula is C11H18N2S. The molecule has 3 N–H and O–H groups in total. The molecule has 0 aliphatic carbocycles. The van der Waals surface area contributed by atoms with Crippen molar-refractivity contribution in [2.45, 2.75) is 13.0 Å². The summed E-state index contributed by atoms with van der Waals surface area (Å²) < 4.78 is 0. The van der Waals surface area contributed by atoms with Crippen molar-refractivity contribution in [3.05, 3.63) is 29.8 Å². The zero-order chi connectivity index (χ0) is 10.2. The fourth-order valence-corrected chi connectivity index (χ4v) is 1.69. The van der Waals surface area contributed by atoms with Crippen LogP contribution < -0.4 is 11.1 Å². The van der Waals surface area contributed by atoms with E-state index in [-0.39, 0.29) is 0 Å². The maximum absolute atomic E-state index is 5.82. The molecule has 1 aromatic carbocycles. The number of para-hydroxylation sites is 1. The third-order valence-electron chi connectivity index (χ3n) is 2.07. The predicted octanol–water partition coefficient (Wildman–Crippen LogP) is 2.11. The molecule has 0 radical (unpaired) electrons. The fraction of sp³-hybridized carbons (Fsp3) is 0.455. The van der Waals surface area contributed by atoms with Crippen LogP contribution in [0.1, 0.15) is 12.0 Å². The largest absolute Gasteiger partial charge is 0.398 e. The number of hydrogen-bond acceptors (Lipinski definition) is 3. The van der Waals surface area contributed by atoms with Crippen LogP contribution in [0.4, 0.5) is 5.69 Å². The van der Waals surface area contributed by atoms with Crippen molar-refractivity contribution < 1.29 is 0 Å². The number of rotatable bonds is 6. The van der Waals surface area contributed by atoms with Gasteiger partial charge in [0.05, 0.1) is 0 Å². The predicted molar refractivity (Wildman–Crippen MR) is 65.6 cm³/mol. The first-order chi connectivity index (χ1) is 6.84. The summed E-state index contributed by atoms with van der Waals surface area (Å²) in [6.45, 7) is 1.94. The second-order valence-corrected chi connectivity index (χ2v) is 4.21. The van der Waals surface area contributed by atoms with Gasteiger partial charge in [-0.15, -0.1) is 0 Å². The molecule has 14 heavy (non-hydrogen) atoms. The third kappa shape index (κ3) is 4.03. The molecule has 78 valence electrons. The summed E-state index contributed by atoms with van der Waals surface area (Å²) in [4.78, 5) is 0. The summed E-state index contributed by atoms with van der Waals surface area (Å²) in [5.41, 5.74) is 7.89. The van der Waals surface area contributed by atoms with Crippen molar-refractivity contribution in [2.24, 2.45) is 0 Å². The van der Waals surface area contributed by atoms with Crippen LogP contribution in [0, 0.1) is 0 Å². The van der Waals surface area contributed by atoms with Crippen LogP contribution in [0.5, 0.6) is 0 Å². The average Bonchev–Trinajstić information content (AvgIpc) is 2.20. The molecule has 0 amide bonds. The first kappa shape index (κ1) is 11.4. The van der Waals surface area contributed by atoms with Crippen molar-refractivity contribution >= 4 is 17.4 Å². The summed E-state index contributed by atoms with van der Waals surface area (Å²) in [5, 5.41) is 3.38. The van der Waals surface area contributed by atoms with E-state index < -0.39 is 0 Å². The van der Waals surface area contributed by atoms with E-state index in [9.17, 15) is 0 Å². The monoisotopic (exact) mass is 210 g/mol. The highest BCUT2D eigenvalue weighted by atomic mass is 32.2. The zero-order valence-corrected chi connectivity index (χ0v) is 9.44. The van der Waals surface area contributed by atoms with Crippen LogP contribution in [0.3, 0.4) is 0 Å². The Kier molecular flexibility index (Phi) is 5.49. The standard InChI is InChI=1S/C11H18N2S/c1-14-8-4-7-13-9-10-5-2-3-6-11(10)12/h2-3,5-6,13H,4,7-9,12H2,1H3. The van der Waals surface area contributed by atoms with Crippen LogP contribution in [-0.4, -0.2) is 18.6 Å². The molecule has 1 rings (SSSR count). The molecule has 1 aromatic rings. The van der Waals surface area contributed by atoms with Gasteiger partial charge in [-0.25, -0.2) is 0 Å². The maximum Gasteiger partial charge on any atom is 0.0359 e. The van der Waals surface area contributed by atoms with E-state index >= 15 is 0 Å². The average molecular weight is 210 g/mol. The summed E-state index contributed by atoms with van der Waals surface area (Å²) in [6.07, 6.45) is 3.35. The molecule has 3 heteroatoms. The molecule has 0 aromatic heterocycles. The van der Waals surface area contributed by atoms with Crippen molar-refractivity contribution in [2.75, 3.05) is 24.3 Å². The van der Waals surface area contributed by atoms with Gasteiger partial charge in [-0.3, -0.25) is 0 Å². The molecule has 0 atom stereocenters. The molecule has 0 spiro atoms. The van der Waals surface area contributed by atoms with E-state index in [1.165, 1.54) is 17.7 Å². The van der Waals surface area contributed by atoms with Crippen molar-refractivity contribution in [3.8, 4) is 0 Å². The Morgan fingerprint density at radius 3 is 2.86 bits per heavy atom. The first-order valence-corrected chi connectivity index (χ1v) is 6.27. The maximum atomic E-state index is 5.82. The summed E-state index contributed by atoms with van der Waals surface area (Å²) in [5.74, 6) is 1.22. The molecule has 0 bridgehead atoms. The number of hydrogen-bond donors (Lipinski definition) is 2. The van der Waals surface area contributed by atoms with Gasteiger partial charge in [0.25, 0.3) is 0 Å². The summed E-state index contributed by atoms with van der Waals surface area (Å²) in [7, 11) is 0. The van der Waals surface area contributed by atoms with Gasteiger partial charge in [0, 0.05) is 12.2 Å². The topological polar surface area (TPSA) is 38.0 Å². The van der Waals surface area contributed by atoms with Crippen LogP contribution in [-0.2, 0) is 6.54 Å². The zero-order valence-electron chi connectivity index (χ0n) is 8.62. The molecule has 0 saturated carbocycles. The van der Waals surface area contributed by atoms with E-state index in [2.05, 4.69) is 17.6 Å². The number of benzene rings is 1. The van der Waals surface area contributed by atoms with Gasteiger partial charge in [-0.2, -0.15) is 11.8 Å². The lowest BCUT2D eigenvalue weighted by Crippen LogP contribution is -2.16. The highest BCUT2D eigenvalue weighted by Gasteiger charge is 1.95. The van der Waals surface area contributed by atoms with Crippen LogP contribution in [0.25, 0.3) is 0 Å². The minimum absolute atomic E-state index is 0.876. The van der Waals surface area contributed by atoms with Gasteiger partial charge < -0.3 is 11.1 Å². The number of anilines is 1. The van der Waals surface area contributed by atoms with Crippen LogP contribution in [0.2, 0.25) is 0 Å². The van der Waals surface area contributed by atoms with Crippen molar-refractivity contribution in [3.63, 3.8) is 0 Å². The Hall–Kier alpha value is -0.670. The first-order valence-electron chi connectivity index (χ1n) is 4.87. The van der Waals surface area contributed by atoms with Crippen LogP contribution >= 0.6 is 11.8 Å². The molecular weight excluding hydrogens is 192 g/mol. The van der Waals surface area contributed by atoms with Gasteiger partial charge >= 0.3 is 0 Å². The van der Waals surface area contributed by atoms with E-state index in [1.54, 1.807) is 0 Å². The van der Waals surface area contributed by atoms with Gasteiger partial charge in [0.2, 0.25) is 0 Å². The highest BCUT2D eigenvalue weighted by molar-refractivity contribution is 7.98. The van der Waals surface area contributed by atoms with Gasteiger partial charge in [0.15, 0.2) is 0 Å². The molecule has 0 heterocycles. The Morgan fingerprint density at radius 1 is 1.36 bits per heavy atom. The highest BCUT2D eigenvalue weighted by Crippen LogP contribution is 2.09. The Morgan fingerprint density at radius 2 is 2.14 bits per heavy atom. The Labute approximate surface area is 90.3 Å². The van der Waals surface area contributed by atoms with E-state index in [0.29, 0.717) is 0 Å². The smallest absolute Gasteiger partial charge is 0.0359 e. The van der Waals surface area contributed by atoms with E-state index in [1.807, 2.05) is 30.0 Å². The number of nitrogen functional groups attached to an aromatic ring is 1. The lowest BCUT2D eigenvalue weighted by molar-refractivity contribution is 0.680. The molecule has 0 aliphatic heterocycles. The van der Waals surface area contributed by atoms with E-state index in [0.717, 1.165) is 18.8 Å². The van der Waals surface area contributed by atoms with Gasteiger partial charge in [-0.1, -0.05) is 18.2 Å². The molecule has 0 unspecified atom stereocenters. The SMILES string of the molecule is CSCCCNCc1ccccc1N. The van der Waals surface area contributed by atoms with Crippen LogP contribution in [0.15, 0.2) is 24.3 Å². The Balaban J connectivity index is 2.21. The lowest BCUT2D eigenvalue weighted by atomic mass is 10.2. The second kappa shape index (κ2) is 6.74. The van der Waals surface area contributed by atoms with Gasteiger partial charge in [0.1, 0.15) is 0 Å². The Bertz CT molecular complexity index is 263. The lowest BCUT2D eigenvalue weighted by Gasteiger charge is -2.06. The molecule has 0 fully saturated rings. The molecule has 2 nitrogen and oxygen atoms in total. The number of thioether (sulfide) groups is 1. The minimum Gasteiger partial charge on any atom is -0.398 e. The second-order valence-electron chi connectivity index (χ2n) is 3.22. The summed E-state index contributed by atoms with van der Waals surface area (Å²) in [6, 6.07) is 8.00. The van der Waals surface area contributed by atoms with E-state index in [4.69, 9.17) is 5.73 Å². The quantitative estimate of drug-likeness (QED) is 0.558. The van der Waals surface area contributed by atoms with Gasteiger partial charge in [-0.05, 0) is 36.6 Å².